The molecule has 2 aliphatic rings. The lowest BCUT2D eigenvalue weighted by Gasteiger charge is -2.34. The van der Waals surface area contributed by atoms with Crippen LogP contribution in [0.4, 0.5) is 0 Å². The molecular weight excluding hydrogens is 272 g/mol. The van der Waals surface area contributed by atoms with Gasteiger partial charge in [-0.05, 0) is 64.2 Å². The van der Waals surface area contributed by atoms with Crippen molar-refractivity contribution in [3.8, 4) is 0 Å². The number of sulfone groups is 1. The van der Waals surface area contributed by atoms with E-state index in [0.717, 1.165) is 38.1 Å². The topological polar surface area (TPSA) is 49.4 Å². The number of piperidine rings is 1. The molecule has 1 saturated heterocycles. The first-order valence-electron chi connectivity index (χ1n) is 8.13. The molecule has 1 aliphatic heterocycles. The molecule has 1 N–H and O–H groups in total. The average molecular weight is 302 g/mol. The van der Waals surface area contributed by atoms with Crippen molar-refractivity contribution in [2.75, 3.05) is 32.4 Å². The number of nitrogens with one attached hydrogen (secondary N) is 1. The van der Waals surface area contributed by atoms with Gasteiger partial charge < -0.3 is 10.2 Å². The Morgan fingerprint density at radius 3 is 2.45 bits per heavy atom. The molecule has 1 aliphatic carbocycles. The van der Waals surface area contributed by atoms with Gasteiger partial charge in [0, 0.05) is 12.3 Å². The van der Waals surface area contributed by atoms with Gasteiger partial charge in [0.2, 0.25) is 0 Å². The normalized spacial score (nSPS) is 30.5. The molecule has 5 heteroatoms. The van der Waals surface area contributed by atoms with Gasteiger partial charge in [0.1, 0.15) is 9.84 Å². The van der Waals surface area contributed by atoms with Crippen molar-refractivity contribution in [3.63, 3.8) is 0 Å². The largest absolute Gasteiger partial charge is 0.314 e. The van der Waals surface area contributed by atoms with E-state index >= 15 is 0 Å². The Balaban J connectivity index is 1.72. The maximum atomic E-state index is 11.7. The predicted molar refractivity (Wildman–Crippen MR) is 83.7 cm³/mol. The summed E-state index contributed by atoms with van der Waals surface area (Å²) in [6.45, 7) is 6.91. The number of hydrogen-bond acceptors (Lipinski definition) is 4. The third-order valence-corrected chi connectivity index (χ3v) is 6.72. The SMILES string of the molecule is CCN1CCC(CNC2CCCC(S(C)(=O)=O)C2)CC1. The van der Waals surface area contributed by atoms with Crippen LogP contribution < -0.4 is 5.32 Å². The molecule has 2 fully saturated rings. The molecule has 0 spiro atoms. The smallest absolute Gasteiger partial charge is 0.150 e. The van der Waals surface area contributed by atoms with Crippen LogP contribution in [0.2, 0.25) is 0 Å². The molecule has 0 bridgehead atoms. The highest BCUT2D eigenvalue weighted by molar-refractivity contribution is 7.91. The van der Waals surface area contributed by atoms with E-state index in [2.05, 4.69) is 17.1 Å². The van der Waals surface area contributed by atoms with Gasteiger partial charge in [0.05, 0.1) is 5.25 Å². The van der Waals surface area contributed by atoms with Crippen molar-refractivity contribution in [2.45, 2.75) is 56.7 Å². The molecule has 2 unspecified atom stereocenters. The van der Waals surface area contributed by atoms with E-state index in [9.17, 15) is 8.42 Å². The molecular formula is C15H30N2O2S. The molecule has 1 saturated carbocycles. The van der Waals surface area contributed by atoms with Gasteiger partial charge in [-0.25, -0.2) is 8.42 Å². The minimum Gasteiger partial charge on any atom is -0.314 e. The molecule has 2 atom stereocenters. The van der Waals surface area contributed by atoms with Crippen LogP contribution >= 0.6 is 0 Å². The Labute approximate surface area is 124 Å². The molecule has 0 amide bonds. The maximum absolute atomic E-state index is 11.7. The van der Waals surface area contributed by atoms with E-state index in [-0.39, 0.29) is 5.25 Å². The molecule has 0 radical (unpaired) electrons. The van der Waals surface area contributed by atoms with E-state index in [1.807, 2.05) is 0 Å². The quantitative estimate of drug-likeness (QED) is 0.839. The van der Waals surface area contributed by atoms with Crippen molar-refractivity contribution in [1.29, 1.82) is 0 Å². The summed E-state index contributed by atoms with van der Waals surface area (Å²) in [5.74, 6) is 0.774. The monoisotopic (exact) mass is 302 g/mol. The summed E-state index contributed by atoms with van der Waals surface area (Å²) in [6.07, 6.45) is 7.80. The molecule has 0 aromatic rings. The highest BCUT2D eigenvalue weighted by Gasteiger charge is 2.29. The third kappa shape index (κ3) is 4.71. The zero-order chi connectivity index (χ0) is 14.6. The summed E-state index contributed by atoms with van der Waals surface area (Å²) in [5, 5.41) is 3.53. The summed E-state index contributed by atoms with van der Waals surface area (Å²) in [7, 11) is -2.86. The Morgan fingerprint density at radius 2 is 1.85 bits per heavy atom. The van der Waals surface area contributed by atoms with Crippen LogP contribution in [0.5, 0.6) is 0 Å². The van der Waals surface area contributed by atoms with Gasteiger partial charge >= 0.3 is 0 Å². The van der Waals surface area contributed by atoms with Crippen molar-refractivity contribution in [3.05, 3.63) is 0 Å². The average Bonchev–Trinajstić information content (AvgIpc) is 2.45. The molecule has 118 valence electrons. The number of hydrogen-bond donors (Lipinski definition) is 1. The van der Waals surface area contributed by atoms with Crippen molar-refractivity contribution in [2.24, 2.45) is 5.92 Å². The Hall–Kier alpha value is -0.130. The summed E-state index contributed by atoms with van der Waals surface area (Å²) in [5.41, 5.74) is 0. The van der Waals surface area contributed by atoms with Crippen molar-refractivity contribution < 1.29 is 8.42 Å². The van der Waals surface area contributed by atoms with E-state index in [0.29, 0.717) is 6.04 Å². The second kappa shape index (κ2) is 7.23. The van der Waals surface area contributed by atoms with Crippen LogP contribution in [0, 0.1) is 5.92 Å². The molecule has 20 heavy (non-hydrogen) atoms. The van der Waals surface area contributed by atoms with Crippen LogP contribution in [0.25, 0.3) is 0 Å². The fourth-order valence-electron chi connectivity index (χ4n) is 3.56. The Bertz CT molecular complexity index is 389. The summed E-state index contributed by atoms with van der Waals surface area (Å²) < 4.78 is 23.3. The Kier molecular flexibility index (Phi) is 5.87. The summed E-state index contributed by atoms with van der Waals surface area (Å²) in [6, 6.07) is 0.410. The van der Waals surface area contributed by atoms with Gasteiger partial charge in [-0.3, -0.25) is 0 Å². The van der Waals surface area contributed by atoms with Gasteiger partial charge in [-0.15, -0.1) is 0 Å². The molecule has 0 aromatic heterocycles. The van der Waals surface area contributed by atoms with Crippen LogP contribution in [0.1, 0.15) is 45.4 Å². The number of likely N-dealkylation sites (tertiary alicyclic amines) is 1. The second-order valence-corrected chi connectivity index (χ2v) is 8.93. The lowest BCUT2D eigenvalue weighted by Crippen LogP contribution is -2.43. The minimum atomic E-state index is -2.86. The lowest BCUT2D eigenvalue weighted by molar-refractivity contribution is 0.185. The lowest BCUT2D eigenvalue weighted by atomic mass is 9.92. The zero-order valence-electron chi connectivity index (χ0n) is 13.0. The zero-order valence-corrected chi connectivity index (χ0v) is 13.8. The summed E-state index contributed by atoms with van der Waals surface area (Å²) >= 11 is 0. The first-order valence-corrected chi connectivity index (χ1v) is 10.1. The molecule has 0 aromatic carbocycles. The molecule has 2 rings (SSSR count). The van der Waals surface area contributed by atoms with E-state index in [1.54, 1.807) is 0 Å². The fourth-order valence-corrected chi connectivity index (χ4v) is 4.74. The molecule has 4 nitrogen and oxygen atoms in total. The van der Waals surface area contributed by atoms with Crippen molar-refractivity contribution >= 4 is 9.84 Å². The number of rotatable bonds is 5. The first-order chi connectivity index (χ1) is 9.49. The van der Waals surface area contributed by atoms with Crippen LogP contribution in [-0.4, -0.2) is 57.0 Å². The molecule has 1 heterocycles. The van der Waals surface area contributed by atoms with Crippen LogP contribution in [0.3, 0.4) is 0 Å². The predicted octanol–water partition coefficient (Wildman–Crippen LogP) is 1.66. The van der Waals surface area contributed by atoms with Gasteiger partial charge in [0.25, 0.3) is 0 Å². The van der Waals surface area contributed by atoms with Gasteiger partial charge in [-0.1, -0.05) is 13.3 Å². The van der Waals surface area contributed by atoms with Crippen molar-refractivity contribution in [1.82, 2.24) is 10.2 Å². The van der Waals surface area contributed by atoms with E-state index in [1.165, 1.54) is 38.7 Å². The fraction of sp³-hybridized carbons (Fsp3) is 1.00. The minimum absolute atomic E-state index is 0.115. The van der Waals surface area contributed by atoms with Gasteiger partial charge in [0.15, 0.2) is 0 Å². The second-order valence-electron chi connectivity index (χ2n) is 6.60. The Morgan fingerprint density at radius 1 is 1.15 bits per heavy atom. The van der Waals surface area contributed by atoms with Gasteiger partial charge in [-0.2, -0.15) is 0 Å². The van der Waals surface area contributed by atoms with Crippen LogP contribution in [-0.2, 0) is 9.84 Å². The van der Waals surface area contributed by atoms with E-state index in [4.69, 9.17) is 0 Å². The number of nitrogens with zero attached hydrogens (tertiary/aromatic N) is 1. The van der Waals surface area contributed by atoms with Crippen LogP contribution in [0.15, 0.2) is 0 Å². The third-order valence-electron chi connectivity index (χ3n) is 5.08. The van der Waals surface area contributed by atoms with E-state index < -0.39 is 9.84 Å². The highest BCUT2D eigenvalue weighted by atomic mass is 32.2. The summed E-state index contributed by atoms with van der Waals surface area (Å²) in [4.78, 5) is 2.51. The highest BCUT2D eigenvalue weighted by Crippen LogP contribution is 2.24. The standard InChI is InChI=1S/C15H30N2O2S/c1-3-17-9-7-13(8-10-17)12-16-14-5-4-6-15(11-14)20(2,18)19/h13-16H,3-12H2,1-2H3. The first kappa shape index (κ1) is 16.2. The maximum Gasteiger partial charge on any atom is 0.150 e.